The van der Waals surface area contributed by atoms with E-state index in [1.54, 1.807) is 13.0 Å². The molecular weight excluding hydrogens is 454 g/mol. The number of fused-ring (bicyclic) bond motifs is 1. The van der Waals surface area contributed by atoms with E-state index in [4.69, 9.17) is 0 Å². The summed E-state index contributed by atoms with van der Waals surface area (Å²) in [6.45, 7) is 4.53. The van der Waals surface area contributed by atoms with Gasteiger partial charge in [0.2, 0.25) is 0 Å². The van der Waals surface area contributed by atoms with Gasteiger partial charge in [-0.2, -0.15) is 8.42 Å². The van der Waals surface area contributed by atoms with Gasteiger partial charge in [-0.05, 0) is 47.9 Å². The Morgan fingerprint density at radius 3 is 2.42 bits per heavy atom. The molecule has 4 rings (SSSR count). The number of allylic oxidation sites excluding steroid dienone is 1. The molecule has 0 fully saturated rings. The van der Waals surface area contributed by atoms with E-state index in [1.165, 1.54) is 17.7 Å². The summed E-state index contributed by atoms with van der Waals surface area (Å²) in [5.41, 5.74) is 3.54. The van der Waals surface area contributed by atoms with Crippen molar-refractivity contribution in [2.45, 2.75) is 42.0 Å². The molecule has 5 nitrogen and oxygen atoms in total. The molecule has 3 aromatic rings. The Bertz CT molecular complexity index is 1320. The average molecular weight is 480 g/mol. The highest BCUT2D eigenvalue weighted by Gasteiger charge is 2.33. The Morgan fingerprint density at radius 1 is 1.03 bits per heavy atom. The van der Waals surface area contributed by atoms with Gasteiger partial charge >= 0.3 is 0 Å². The molecule has 0 aromatic heterocycles. The van der Waals surface area contributed by atoms with Crippen LogP contribution in [0.25, 0.3) is 0 Å². The number of nitrogens with zero attached hydrogens (tertiary/aromatic N) is 1. The fraction of sp³-hybridized carbons (Fsp3) is 0.192. The molecule has 33 heavy (non-hydrogen) atoms. The van der Waals surface area contributed by atoms with Crippen LogP contribution in [-0.2, 0) is 26.9 Å². The van der Waals surface area contributed by atoms with Crippen molar-refractivity contribution in [1.82, 2.24) is 0 Å². The predicted molar refractivity (Wildman–Crippen MR) is 132 cm³/mol. The van der Waals surface area contributed by atoms with E-state index in [0.717, 1.165) is 29.6 Å². The fourth-order valence-electron chi connectivity index (χ4n) is 4.06. The van der Waals surface area contributed by atoms with Crippen LogP contribution in [-0.4, -0.2) is 18.1 Å². The van der Waals surface area contributed by atoms with E-state index in [2.05, 4.69) is 48.4 Å². The molecule has 0 saturated carbocycles. The molecule has 0 radical (unpaired) electrons. The molecule has 0 aliphatic carbocycles. The molecule has 0 saturated heterocycles. The van der Waals surface area contributed by atoms with Crippen molar-refractivity contribution < 1.29 is 17.8 Å². The van der Waals surface area contributed by atoms with Crippen molar-refractivity contribution >= 4 is 32.7 Å². The molecule has 0 bridgehead atoms. The smallest absolute Gasteiger partial charge is 0.294 e. The van der Waals surface area contributed by atoms with Crippen LogP contribution in [0.5, 0.6) is 0 Å². The van der Waals surface area contributed by atoms with E-state index in [-0.39, 0.29) is 10.0 Å². The fourth-order valence-corrected chi connectivity index (χ4v) is 5.60. The average Bonchev–Trinajstić information content (AvgIpc) is 2.77. The first-order valence-corrected chi connectivity index (χ1v) is 12.8. The summed E-state index contributed by atoms with van der Waals surface area (Å²) in [5, 5.41) is -0.0174. The van der Waals surface area contributed by atoms with Gasteiger partial charge in [-0.25, -0.2) is 0 Å². The summed E-state index contributed by atoms with van der Waals surface area (Å²) in [7, 11) is -4.27. The van der Waals surface area contributed by atoms with Crippen molar-refractivity contribution in [1.29, 1.82) is 0 Å². The van der Waals surface area contributed by atoms with Gasteiger partial charge in [0.05, 0.1) is 4.90 Å². The molecule has 1 aliphatic rings. The number of carbonyl (C=O) groups is 1. The van der Waals surface area contributed by atoms with Crippen LogP contribution >= 0.6 is 11.8 Å². The number of rotatable bonds is 6. The van der Waals surface area contributed by atoms with E-state index < -0.39 is 15.5 Å². The standard InChI is InChI=1S/C26H25NO4S2/c1-19-16-21(33(29,30)31)12-13-24(19)32-25(28)17-26(2)14-15-27(18-20-8-4-3-5-9-20)23-11-7-6-10-22(23)26/h3-16H,17-18H2,1-2H3,(H,29,30,31). The lowest BCUT2D eigenvalue weighted by molar-refractivity contribution is -0.111. The second-order valence-corrected chi connectivity index (χ2v) is 10.9. The minimum absolute atomic E-state index is 0.0174. The number of carbonyl (C=O) groups excluding carboxylic acids is 1. The molecular formula is C26H25NO4S2. The van der Waals surface area contributed by atoms with Crippen LogP contribution < -0.4 is 4.90 Å². The third kappa shape index (κ3) is 5.21. The van der Waals surface area contributed by atoms with Crippen molar-refractivity contribution in [3.63, 3.8) is 0 Å². The number of hydrogen-bond acceptors (Lipinski definition) is 5. The first-order valence-electron chi connectivity index (χ1n) is 10.5. The van der Waals surface area contributed by atoms with Crippen LogP contribution in [0, 0.1) is 6.92 Å². The van der Waals surface area contributed by atoms with E-state index in [9.17, 15) is 17.8 Å². The molecule has 1 atom stereocenters. The van der Waals surface area contributed by atoms with Crippen LogP contribution in [0.1, 0.15) is 30.0 Å². The zero-order valence-corrected chi connectivity index (χ0v) is 20.1. The van der Waals surface area contributed by atoms with Gasteiger partial charge in [-0.15, -0.1) is 0 Å². The normalized spacial score (nSPS) is 17.6. The second kappa shape index (κ2) is 9.17. The SMILES string of the molecule is Cc1cc(S(=O)(=O)O)ccc1SC(=O)CC1(C)C=CN(Cc2ccccc2)c2ccccc21. The van der Waals surface area contributed by atoms with Crippen molar-refractivity contribution in [2.24, 2.45) is 0 Å². The number of benzene rings is 3. The summed E-state index contributed by atoms with van der Waals surface area (Å²) in [6, 6.07) is 22.7. The first kappa shape index (κ1) is 23.3. The minimum Gasteiger partial charge on any atom is -0.344 e. The van der Waals surface area contributed by atoms with E-state index in [0.29, 0.717) is 16.9 Å². The van der Waals surface area contributed by atoms with Gasteiger partial charge in [-0.3, -0.25) is 9.35 Å². The van der Waals surface area contributed by atoms with Crippen molar-refractivity contribution in [3.8, 4) is 0 Å². The zero-order chi connectivity index (χ0) is 23.6. The third-order valence-electron chi connectivity index (χ3n) is 5.83. The number of hydrogen-bond donors (Lipinski definition) is 1. The number of aryl methyl sites for hydroxylation is 1. The van der Waals surface area contributed by atoms with Crippen LogP contribution in [0.2, 0.25) is 0 Å². The van der Waals surface area contributed by atoms with Gasteiger partial charge in [0.25, 0.3) is 10.1 Å². The highest BCUT2D eigenvalue weighted by atomic mass is 32.2. The topological polar surface area (TPSA) is 74.7 Å². The van der Waals surface area contributed by atoms with Crippen LogP contribution in [0.4, 0.5) is 5.69 Å². The molecule has 170 valence electrons. The molecule has 1 heterocycles. The Kier molecular flexibility index (Phi) is 6.47. The molecule has 0 spiro atoms. The molecule has 7 heteroatoms. The van der Waals surface area contributed by atoms with E-state index in [1.807, 2.05) is 30.3 Å². The Balaban J connectivity index is 1.54. The van der Waals surface area contributed by atoms with Crippen LogP contribution in [0.3, 0.4) is 0 Å². The van der Waals surface area contributed by atoms with Crippen LogP contribution in [0.15, 0.2) is 94.9 Å². The predicted octanol–water partition coefficient (Wildman–Crippen LogP) is 5.74. The molecule has 1 unspecified atom stereocenters. The maximum Gasteiger partial charge on any atom is 0.294 e. The molecule has 1 N–H and O–H groups in total. The monoisotopic (exact) mass is 479 g/mol. The van der Waals surface area contributed by atoms with Gasteiger partial charge in [0, 0.05) is 35.2 Å². The number of anilines is 1. The summed E-state index contributed by atoms with van der Waals surface area (Å²) in [4.78, 5) is 15.7. The lowest BCUT2D eigenvalue weighted by atomic mass is 9.77. The maximum absolute atomic E-state index is 13.1. The lowest BCUT2D eigenvalue weighted by Crippen LogP contribution is -2.31. The summed E-state index contributed by atoms with van der Waals surface area (Å²) in [5.74, 6) is 0. The van der Waals surface area contributed by atoms with Crippen molar-refractivity contribution in [2.75, 3.05) is 4.90 Å². The maximum atomic E-state index is 13.1. The van der Waals surface area contributed by atoms with Crippen molar-refractivity contribution in [3.05, 3.63) is 102 Å². The first-order chi connectivity index (χ1) is 15.7. The summed E-state index contributed by atoms with van der Waals surface area (Å²) in [6.07, 6.45) is 4.44. The van der Waals surface area contributed by atoms with Gasteiger partial charge < -0.3 is 4.90 Å². The molecule has 1 aliphatic heterocycles. The zero-order valence-electron chi connectivity index (χ0n) is 18.4. The van der Waals surface area contributed by atoms with E-state index >= 15 is 0 Å². The molecule has 0 amide bonds. The molecule has 3 aromatic carbocycles. The van der Waals surface area contributed by atoms with Gasteiger partial charge in [0.15, 0.2) is 5.12 Å². The Morgan fingerprint density at radius 2 is 1.73 bits per heavy atom. The Hall–Kier alpha value is -2.87. The number of thioether (sulfide) groups is 1. The third-order valence-corrected chi connectivity index (χ3v) is 7.73. The lowest BCUT2D eigenvalue weighted by Gasteiger charge is -2.37. The summed E-state index contributed by atoms with van der Waals surface area (Å²) < 4.78 is 31.9. The number of para-hydroxylation sites is 1. The summed E-state index contributed by atoms with van der Waals surface area (Å²) >= 11 is 1.10. The minimum atomic E-state index is -4.27. The quantitative estimate of drug-likeness (QED) is 0.359. The second-order valence-electron chi connectivity index (χ2n) is 8.42. The van der Waals surface area contributed by atoms with Gasteiger partial charge in [-0.1, -0.05) is 73.3 Å². The van der Waals surface area contributed by atoms with Gasteiger partial charge in [0.1, 0.15) is 0 Å². The largest absolute Gasteiger partial charge is 0.344 e. The highest BCUT2D eigenvalue weighted by Crippen LogP contribution is 2.42. The Labute approximate surface area is 198 Å². The highest BCUT2D eigenvalue weighted by molar-refractivity contribution is 8.13.